The molecule has 0 bridgehead atoms. The van der Waals surface area contributed by atoms with Crippen molar-refractivity contribution in [3.8, 4) is 5.75 Å². The predicted octanol–water partition coefficient (Wildman–Crippen LogP) is 4.57. The second kappa shape index (κ2) is 13.0. The van der Waals surface area contributed by atoms with E-state index in [0.29, 0.717) is 12.2 Å². The van der Waals surface area contributed by atoms with Crippen molar-refractivity contribution in [3.63, 3.8) is 0 Å². The van der Waals surface area contributed by atoms with E-state index < -0.39 is 34.1 Å². The molecule has 8 nitrogen and oxygen atoms in total. The number of rotatable bonds is 11. The van der Waals surface area contributed by atoms with Crippen LogP contribution in [0.5, 0.6) is 5.75 Å². The molecular formula is C31H39N3O5S. The Hall–Kier alpha value is -3.85. The summed E-state index contributed by atoms with van der Waals surface area (Å²) in [7, 11) is -2.72. The van der Waals surface area contributed by atoms with Gasteiger partial charge in [-0.05, 0) is 76.4 Å². The van der Waals surface area contributed by atoms with Crippen LogP contribution < -0.4 is 14.4 Å². The molecule has 1 atom stereocenters. The first-order chi connectivity index (χ1) is 18.8. The van der Waals surface area contributed by atoms with E-state index in [1.807, 2.05) is 64.1 Å². The largest absolute Gasteiger partial charge is 0.495 e. The maximum Gasteiger partial charge on any atom is 0.264 e. The summed E-state index contributed by atoms with van der Waals surface area (Å²) in [4.78, 5) is 28.7. The summed E-state index contributed by atoms with van der Waals surface area (Å²) in [6.07, 6.45) is 0.499. The van der Waals surface area contributed by atoms with Crippen LogP contribution in [-0.2, 0) is 26.0 Å². The van der Waals surface area contributed by atoms with Crippen molar-refractivity contribution in [2.75, 3.05) is 24.5 Å². The van der Waals surface area contributed by atoms with Gasteiger partial charge in [0.05, 0.1) is 17.7 Å². The van der Waals surface area contributed by atoms with Gasteiger partial charge in [-0.2, -0.15) is 0 Å². The smallest absolute Gasteiger partial charge is 0.264 e. The molecule has 0 unspecified atom stereocenters. The Bertz CT molecular complexity index is 1400. The van der Waals surface area contributed by atoms with E-state index in [9.17, 15) is 18.0 Å². The zero-order valence-electron chi connectivity index (χ0n) is 24.0. The van der Waals surface area contributed by atoms with Gasteiger partial charge < -0.3 is 15.0 Å². The average Bonchev–Trinajstić information content (AvgIpc) is 2.91. The van der Waals surface area contributed by atoms with Gasteiger partial charge >= 0.3 is 0 Å². The minimum absolute atomic E-state index is 0.0423. The summed E-state index contributed by atoms with van der Waals surface area (Å²) in [5, 5.41) is 2.93. The second-order valence-electron chi connectivity index (χ2n) is 10.7. The molecule has 3 rings (SSSR count). The maximum atomic E-state index is 14.0. The Balaban J connectivity index is 2.04. The van der Waals surface area contributed by atoms with E-state index in [-0.39, 0.29) is 23.0 Å². The molecule has 0 aliphatic heterocycles. The highest BCUT2D eigenvalue weighted by Gasteiger charge is 2.34. The fraction of sp³-hybridized carbons (Fsp3) is 0.355. The van der Waals surface area contributed by atoms with Gasteiger partial charge in [-0.3, -0.25) is 13.9 Å². The van der Waals surface area contributed by atoms with Gasteiger partial charge in [0.2, 0.25) is 11.8 Å². The summed E-state index contributed by atoms with van der Waals surface area (Å²) < 4.78 is 34.5. The van der Waals surface area contributed by atoms with Gasteiger partial charge in [0.25, 0.3) is 10.0 Å². The Labute approximate surface area is 238 Å². The van der Waals surface area contributed by atoms with E-state index in [0.717, 1.165) is 15.4 Å². The summed E-state index contributed by atoms with van der Waals surface area (Å²) in [5.74, 6) is -0.512. The molecular weight excluding hydrogens is 526 g/mol. The van der Waals surface area contributed by atoms with Gasteiger partial charge in [-0.15, -0.1) is 0 Å². The third-order valence-corrected chi connectivity index (χ3v) is 8.14. The van der Waals surface area contributed by atoms with Crippen molar-refractivity contribution in [1.29, 1.82) is 0 Å². The highest BCUT2D eigenvalue weighted by molar-refractivity contribution is 7.92. The monoisotopic (exact) mass is 565 g/mol. The van der Waals surface area contributed by atoms with Crippen LogP contribution >= 0.6 is 0 Å². The maximum absolute atomic E-state index is 14.0. The fourth-order valence-corrected chi connectivity index (χ4v) is 5.71. The van der Waals surface area contributed by atoms with Crippen LogP contribution in [0.2, 0.25) is 0 Å². The van der Waals surface area contributed by atoms with E-state index in [4.69, 9.17) is 4.74 Å². The van der Waals surface area contributed by atoms with Crippen LogP contribution in [0.3, 0.4) is 0 Å². The van der Waals surface area contributed by atoms with E-state index in [1.165, 1.54) is 24.1 Å². The van der Waals surface area contributed by atoms with Crippen molar-refractivity contribution in [3.05, 3.63) is 90.0 Å². The third kappa shape index (κ3) is 7.85. The zero-order valence-corrected chi connectivity index (χ0v) is 24.9. The van der Waals surface area contributed by atoms with Crippen LogP contribution in [0.15, 0.2) is 83.8 Å². The zero-order chi connectivity index (χ0) is 29.5. The summed E-state index contributed by atoms with van der Waals surface area (Å²) in [5.41, 5.74) is 1.54. The molecule has 40 heavy (non-hydrogen) atoms. The molecule has 3 aromatic carbocycles. The Morgan fingerprint density at radius 2 is 1.55 bits per heavy atom. The molecule has 1 N–H and O–H groups in total. The molecule has 0 radical (unpaired) electrons. The molecule has 0 aromatic heterocycles. The SMILES string of the molecule is COc1ccc(C)cc1N(CC(=O)N(CCc1ccccc1)[C@@H](C)C(=O)NC(C)(C)C)S(=O)(=O)c1ccccc1. The van der Waals surface area contributed by atoms with Crippen molar-refractivity contribution < 1.29 is 22.7 Å². The van der Waals surface area contributed by atoms with Gasteiger partial charge in [-0.1, -0.05) is 54.6 Å². The molecule has 0 spiro atoms. The quantitative estimate of drug-likeness (QED) is 0.367. The number of benzene rings is 3. The van der Waals surface area contributed by atoms with E-state index in [1.54, 1.807) is 37.3 Å². The third-order valence-electron chi connectivity index (χ3n) is 6.36. The van der Waals surface area contributed by atoms with Crippen LogP contribution in [0, 0.1) is 6.92 Å². The number of hydrogen-bond acceptors (Lipinski definition) is 5. The lowest BCUT2D eigenvalue weighted by molar-refractivity contribution is -0.139. The lowest BCUT2D eigenvalue weighted by atomic mass is 10.1. The molecule has 0 heterocycles. The molecule has 0 saturated heterocycles. The minimum Gasteiger partial charge on any atom is -0.495 e. The van der Waals surface area contributed by atoms with Gasteiger partial charge in [0.1, 0.15) is 18.3 Å². The topological polar surface area (TPSA) is 96.0 Å². The first-order valence-corrected chi connectivity index (χ1v) is 14.7. The average molecular weight is 566 g/mol. The summed E-state index contributed by atoms with van der Waals surface area (Å²) in [6.45, 7) is 8.81. The van der Waals surface area contributed by atoms with E-state index in [2.05, 4.69) is 5.32 Å². The number of hydrogen-bond donors (Lipinski definition) is 1. The summed E-state index contributed by atoms with van der Waals surface area (Å²) in [6, 6.07) is 21.9. The number of nitrogens with zero attached hydrogens (tertiary/aromatic N) is 2. The van der Waals surface area contributed by atoms with Crippen molar-refractivity contribution >= 4 is 27.5 Å². The van der Waals surface area contributed by atoms with Crippen LogP contribution in [-0.4, -0.2) is 56.9 Å². The minimum atomic E-state index is -4.17. The number of carbonyl (C=O) groups excluding carboxylic acids is 2. The molecule has 0 fully saturated rings. The number of aryl methyl sites for hydroxylation is 1. The standard InChI is InChI=1S/C31H39N3O5S/c1-23-17-18-28(39-6)27(21-23)34(40(37,38)26-15-11-8-12-16-26)22-29(35)33(20-19-25-13-9-7-10-14-25)24(2)30(36)32-31(3,4)5/h7-18,21,24H,19-20,22H2,1-6H3,(H,32,36)/t24-/m0/s1. The van der Waals surface area contributed by atoms with Gasteiger partial charge in [0.15, 0.2) is 0 Å². The number of nitrogens with one attached hydrogen (secondary N) is 1. The molecule has 3 aromatic rings. The second-order valence-corrected chi connectivity index (χ2v) is 12.6. The number of methoxy groups -OCH3 is 1. The number of ether oxygens (including phenoxy) is 1. The number of amides is 2. The molecule has 0 aliphatic carbocycles. The lowest BCUT2D eigenvalue weighted by Gasteiger charge is -2.33. The number of carbonyl (C=O) groups is 2. The summed E-state index contributed by atoms with van der Waals surface area (Å²) >= 11 is 0. The van der Waals surface area contributed by atoms with E-state index >= 15 is 0 Å². The first kappa shape index (κ1) is 30.7. The van der Waals surface area contributed by atoms with Crippen molar-refractivity contribution in [2.45, 2.75) is 57.5 Å². The number of anilines is 1. The van der Waals surface area contributed by atoms with Crippen LogP contribution in [0.1, 0.15) is 38.8 Å². The number of sulfonamides is 1. The van der Waals surface area contributed by atoms with Crippen LogP contribution in [0.25, 0.3) is 0 Å². The normalized spacial score (nSPS) is 12.3. The molecule has 0 aliphatic rings. The Morgan fingerprint density at radius 3 is 2.12 bits per heavy atom. The van der Waals surface area contributed by atoms with Gasteiger partial charge in [0, 0.05) is 12.1 Å². The molecule has 214 valence electrons. The molecule has 9 heteroatoms. The molecule has 2 amide bonds. The fourth-order valence-electron chi connectivity index (χ4n) is 4.27. The Kier molecular flexibility index (Phi) is 9.98. The van der Waals surface area contributed by atoms with Gasteiger partial charge in [-0.25, -0.2) is 8.42 Å². The first-order valence-electron chi connectivity index (χ1n) is 13.2. The van der Waals surface area contributed by atoms with Crippen LogP contribution in [0.4, 0.5) is 5.69 Å². The molecule has 0 saturated carbocycles. The highest BCUT2D eigenvalue weighted by atomic mass is 32.2. The van der Waals surface area contributed by atoms with Crippen molar-refractivity contribution in [2.24, 2.45) is 0 Å². The van der Waals surface area contributed by atoms with Crippen molar-refractivity contribution in [1.82, 2.24) is 10.2 Å². The highest BCUT2D eigenvalue weighted by Crippen LogP contribution is 2.33. The lowest BCUT2D eigenvalue weighted by Crippen LogP contribution is -2.55. The predicted molar refractivity (Wildman–Crippen MR) is 158 cm³/mol. The Morgan fingerprint density at radius 1 is 0.950 bits per heavy atom.